The second-order valence-electron chi connectivity index (χ2n) is 9.93. The van der Waals surface area contributed by atoms with Crippen LogP contribution in [-0.4, -0.2) is 73.0 Å². The zero-order valence-corrected chi connectivity index (χ0v) is 23.1. The highest BCUT2D eigenvalue weighted by atomic mass is 19.4. The van der Waals surface area contributed by atoms with Gasteiger partial charge in [-0.2, -0.15) is 13.2 Å². The van der Waals surface area contributed by atoms with E-state index in [1.54, 1.807) is 6.07 Å². The summed E-state index contributed by atoms with van der Waals surface area (Å²) < 4.78 is 56.5. The molecule has 0 aromatic heterocycles. The van der Waals surface area contributed by atoms with Crippen LogP contribution in [0.15, 0.2) is 42.5 Å². The first-order valence-electron chi connectivity index (χ1n) is 12.9. The van der Waals surface area contributed by atoms with Crippen molar-refractivity contribution in [1.29, 1.82) is 0 Å². The molecule has 0 saturated carbocycles. The molecule has 0 radical (unpaired) electrons. The number of piperidine rings is 1. The van der Waals surface area contributed by atoms with E-state index >= 15 is 0 Å². The standard InChI is InChI=1S/C26H36FN3O3.C2HF3O2/c1-19(2)18-33-24-9-5-20(6-10-24)16-28-26(31)30(23-11-13-29(3)14-12-23)17-21-7-8-22(27)15-25(21)32-4;3-2(4,5)1(6)7/h5-10,15,19,23H,11-14,16-18H2,1-4H3,(H,28,31);(H,6,7). The molecule has 2 aromatic carbocycles. The van der Waals surface area contributed by atoms with Crippen LogP contribution in [0.3, 0.4) is 0 Å². The van der Waals surface area contributed by atoms with Crippen molar-refractivity contribution in [2.75, 3.05) is 33.9 Å². The average molecular weight is 572 g/mol. The first-order valence-corrected chi connectivity index (χ1v) is 12.9. The van der Waals surface area contributed by atoms with Crippen LogP contribution in [-0.2, 0) is 17.9 Å². The van der Waals surface area contributed by atoms with E-state index < -0.39 is 12.1 Å². The number of urea groups is 1. The number of aliphatic carboxylic acids is 1. The molecule has 1 aliphatic rings. The van der Waals surface area contributed by atoms with Crippen LogP contribution in [0.5, 0.6) is 11.5 Å². The van der Waals surface area contributed by atoms with E-state index in [9.17, 15) is 22.4 Å². The molecule has 1 fully saturated rings. The largest absolute Gasteiger partial charge is 0.496 e. The number of likely N-dealkylation sites (tertiary alicyclic amines) is 1. The Morgan fingerprint density at radius 3 is 2.25 bits per heavy atom. The number of nitrogens with zero attached hydrogens (tertiary/aromatic N) is 2. The normalized spacial score (nSPS) is 14.2. The minimum absolute atomic E-state index is 0.114. The molecule has 0 atom stereocenters. The van der Waals surface area contributed by atoms with Gasteiger partial charge >= 0.3 is 18.2 Å². The van der Waals surface area contributed by atoms with Crippen molar-refractivity contribution in [1.82, 2.24) is 15.1 Å². The summed E-state index contributed by atoms with van der Waals surface area (Å²) in [5, 5.41) is 10.2. The molecule has 2 N–H and O–H groups in total. The topological polar surface area (TPSA) is 91.3 Å². The van der Waals surface area contributed by atoms with Gasteiger partial charge < -0.3 is 29.7 Å². The van der Waals surface area contributed by atoms with Crippen molar-refractivity contribution in [2.24, 2.45) is 5.92 Å². The van der Waals surface area contributed by atoms with Crippen molar-refractivity contribution in [3.05, 3.63) is 59.4 Å². The number of carbonyl (C=O) groups is 2. The predicted molar refractivity (Wildman–Crippen MR) is 142 cm³/mol. The molecular weight excluding hydrogens is 534 g/mol. The van der Waals surface area contributed by atoms with Crippen LogP contribution in [0.4, 0.5) is 22.4 Å². The lowest BCUT2D eigenvalue weighted by atomic mass is 10.0. The summed E-state index contributed by atoms with van der Waals surface area (Å²) in [6.45, 7) is 7.57. The maximum Gasteiger partial charge on any atom is 0.490 e. The van der Waals surface area contributed by atoms with Gasteiger partial charge in [0.2, 0.25) is 0 Å². The Bertz CT molecular complexity index is 1090. The van der Waals surface area contributed by atoms with Crippen molar-refractivity contribution in [2.45, 2.75) is 52.0 Å². The molecular formula is C28H37F4N3O5. The maximum atomic E-state index is 13.7. The van der Waals surface area contributed by atoms with E-state index in [-0.39, 0.29) is 17.9 Å². The van der Waals surface area contributed by atoms with Crippen LogP contribution in [0.25, 0.3) is 0 Å². The monoisotopic (exact) mass is 571 g/mol. The third-order valence-corrected chi connectivity index (χ3v) is 6.17. The van der Waals surface area contributed by atoms with E-state index in [1.165, 1.54) is 19.2 Å². The first-order chi connectivity index (χ1) is 18.8. The molecule has 1 heterocycles. The number of rotatable bonds is 9. The second kappa shape index (κ2) is 15.3. The summed E-state index contributed by atoms with van der Waals surface area (Å²) in [6, 6.07) is 12.3. The molecule has 1 saturated heterocycles. The minimum Gasteiger partial charge on any atom is -0.496 e. The fourth-order valence-electron chi connectivity index (χ4n) is 3.95. The molecule has 8 nitrogen and oxygen atoms in total. The van der Waals surface area contributed by atoms with Crippen LogP contribution in [0.2, 0.25) is 0 Å². The molecule has 0 spiro atoms. The predicted octanol–water partition coefficient (Wildman–Crippen LogP) is 5.31. The Kier molecular flexibility index (Phi) is 12.5. The number of carbonyl (C=O) groups excluding carboxylic acids is 1. The van der Waals surface area contributed by atoms with Crippen LogP contribution >= 0.6 is 0 Å². The van der Waals surface area contributed by atoms with Crippen molar-refractivity contribution in [3.8, 4) is 11.5 Å². The number of hydrogen-bond donors (Lipinski definition) is 2. The fourth-order valence-corrected chi connectivity index (χ4v) is 3.95. The minimum atomic E-state index is -5.08. The van der Waals surface area contributed by atoms with Crippen molar-refractivity contribution in [3.63, 3.8) is 0 Å². The molecule has 3 rings (SSSR count). The average Bonchev–Trinajstić information content (AvgIpc) is 2.90. The molecule has 0 aliphatic carbocycles. The van der Waals surface area contributed by atoms with E-state index in [2.05, 4.69) is 31.1 Å². The summed E-state index contributed by atoms with van der Waals surface area (Å²) in [6.07, 6.45) is -3.29. The van der Waals surface area contributed by atoms with Gasteiger partial charge in [0.05, 0.1) is 20.3 Å². The Labute approximate surface area is 231 Å². The third kappa shape index (κ3) is 10.9. The molecule has 0 bridgehead atoms. The molecule has 1 aliphatic heterocycles. The number of carboxylic acids is 1. The number of benzene rings is 2. The number of hydrogen-bond acceptors (Lipinski definition) is 5. The lowest BCUT2D eigenvalue weighted by Gasteiger charge is -2.37. The SMILES string of the molecule is COc1cc(F)ccc1CN(C(=O)NCc1ccc(OCC(C)C)cc1)C1CCN(C)CC1.O=C(O)C(F)(F)F. The van der Waals surface area contributed by atoms with Crippen LogP contribution in [0.1, 0.15) is 37.8 Å². The highest BCUT2D eigenvalue weighted by Gasteiger charge is 2.38. The summed E-state index contributed by atoms with van der Waals surface area (Å²) in [5.74, 6) is -1.36. The Balaban J connectivity index is 0.000000708. The van der Waals surface area contributed by atoms with Crippen LogP contribution < -0.4 is 14.8 Å². The van der Waals surface area contributed by atoms with Gasteiger partial charge in [-0.15, -0.1) is 0 Å². The summed E-state index contributed by atoms with van der Waals surface area (Å²) in [4.78, 5) is 26.3. The Morgan fingerprint density at radius 1 is 1.12 bits per heavy atom. The van der Waals surface area contributed by atoms with Gasteiger partial charge in [0.1, 0.15) is 17.3 Å². The van der Waals surface area contributed by atoms with Gasteiger partial charge in [-0.25, -0.2) is 14.0 Å². The van der Waals surface area contributed by atoms with Gasteiger partial charge in [0.25, 0.3) is 0 Å². The van der Waals surface area contributed by atoms with E-state index in [0.29, 0.717) is 31.4 Å². The van der Waals surface area contributed by atoms with Crippen molar-refractivity contribution < 1.29 is 41.7 Å². The lowest BCUT2D eigenvalue weighted by Crippen LogP contribution is -2.49. The lowest BCUT2D eigenvalue weighted by molar-refractivity contribution is -0.192. The highest BCUT2D eigenvalue weighted by molar-refractivity contribution is 5.74. The van der Waals surface area contributed by atoms with Gasteiger partial charge in [-0.1, -0.05) is 32.0 Å². The number of carboxylic acid groups (broad SMARTS) is 1. The molecule has 40 heavy (non-hydrogen) atoms. The zero-order chi connectivity index (χ0) is 29.9. The molecule has 12 heteroatoms. The van der Waals surface area contributed by atoms with E-state index in [1.807, 2.05) is 29.2 Å². The Morgan fingerprint density at radius 2 is 1.73 bits per heavy atom. The molecule has 2 amide bonds. The second-order valence-corrected chi connectivity index (χ2v) is 9.93. The van der Waals surface area contributed by atoms with E-state index in [4.69, 9.17) is 19.4 Å². The maximum absolute atomic E-state index is 13.7. The number of halogens is 4. The quantitative estimate of drug-likeness (QED) is 0.397. The van der Waals surface area contributed by atoms with Crippen molar-refractivity contribution >= 4 is 12.0 Å². The summed E-state index contributed by atoms with van der Waals surface area (Å²) in [7, 11) is 3.62. The zero-order valence-electron chi connectivity index (χ0n) is 23.1. The third-order valence-electron chi connectivity index (χ3n) is 6.17. The summed E-state index contributed by atoms with van der Waals surface area (Å²) in [5.41, 5.74) is 1.79. The number of alkyl halides is 3. The number of ether oxygens (including phenoxy) is 2. The van der Waals surface area contributed by atoms with E-state index in [0.717, 1.165) is 42.8 Å². The van der Waals surface area contributed by atoms with Gasteiger partial charge in [0.15, 0.2) is 0 Å². The van der Waals surface area contributed by atoms with Gasteiger partial charge in [-0.05, 0) is 62.7 Å². The molecule has 2 aromatic rings. The number of nitrogens with one attached hydrogen (secondary N) is 1. The van der Waals surface area contributed by atoms with Gasteiger partial charge in [-0.3, -0.25) is 0 Å². The van der Waals surface area contributed by atoms with Crippen LogP contribution in [0, 0.1) is 11.7 Å². The number of amides is 2. The smallest absolute Gasteiger partial charge is 0.490 e. The first kappa shape index (κ1) is 32.7. The number of methoxy groups -OCH3 is 1. The summed E-state index contributed by atoms with van der Waals surface area (Å²) >= 11 is 0. The molecule has 222 valence electrons. The Hall–Kier alpha value is -3.54. The van der Waals surface area contributed by atoms with Gasteiger partial charge in [0, 0.05) is 24.2 Å². The highest BCUT2D eigenvalue weighted by Crippen LogP contribution is 2.25. The fraction of sp³-hybridized carbons (Fsp3) is 0.500. The molecule has 0 unspecified atom stereocenters.